The number of rotatable bonds is 3. The standard InChI is InChI=1S/C13H17N3O/c1-8-9(2)12(17-4)6-5-10(8)11-7-13(14-3)16-15-11/h5-7H,1-4H3,(H2,14,15,16). The van der Waals surface area contributed by atoms with Gasteiger partial charge in [0.1, 0.15) is 11.6 Å². The van der Waals surface area contributed by atoms with Crippen LogP contribution in [0.15, 0.2) is 18.2 Å². The number of ether oxygens (including phenoxy) is 1. The van der Waals surface area contributed by atoms with E-state index < -0.39 is 0 Å². The lowest BCUT2D eigenvalue weighted by molar-refractivity contribution is 0.411. The summed E-state index contributed by atoms with van der Waals surface area (Å²) in [6, 6.07) is 6.03. The van der Waals surface area contributed by atoms with Crippen LogP contribution in [0.1, 0.15) is 11.1 Å². The Morgan fingerprint density at radius 2 is 2.00 bits per heavy atom. The van der Waals surface area contributed by atoms with Gasteiger partial charge in [0.05, 0.1) is 12.8 Å². The number of aromatic amines is 1. The molecule has 17 heavy (non-hydrogen) atoms. The second-order valence-corrected chi connectivity index (χ2v) is 3.98. The summed E-state index contributed by atoms with van der Waals surface area (Å²) < 4.78 is 5.30. The molecule has 0 amide bonds. The fourth-order valence-electron chi connectivity index (χ4n) is 1.90. The first-order chi connectivity index (χ1) is 8.17. The molecule has 0 spiro atoms. The Hall–Kier alpha value is -1.97. The molecule has 0 radical (unpaired) electrons. The highest BCUT2D eigenvalue weighted by molar-refractivity contribution is 5.69. The number of H-pyrrole nitrogens is 1. The van der Waals surface area contributed by atoms with E-state index in [4.69, 9.17) is 4.74 Å². The normalized spacial score (nSPS) is 10.4. The number of anilines is 1. The number of nitrogens with one attached hydrogen (secondary N) is 2. The first kappa shape index (κ1) is 11.5. The van der Waals surface area contributed by atoms with Gasteiger partial charge in [0.15, 0.2) is 0 Å². The van der Waals surface area contributed by atoms with Gasteiger partial charge in [-0.15, -0.1) is 0 Å². The number of nitrogens with zero attached hydrogens (tertiary/aromatic N) is 1. The maximum absolute atomic E-state index is 5.30. The zero-order valence-electron chi connectivity index (χ0n) is 10.6. The van der Waals surface area contributed by atoms with E-state index in [0.717, 1.165) is 28.4 Å². The van der Waals surface area contributed by atoms with Crippen LogP contribution in [0.4, 0.5) is 5.82 Å². The lowest BCUT2D eigenvalue weighted by atomic mass is 10.00. The van der Waals surface area contributed by atoms with Crippen molar-refractivity contribution in [3.05, 3.63) is 29.3 Å². The largest absolute Gasteiger partial charge is 0.496 e. The average molecular weight is 231 g/mol. The van der Waals surface area contributed by atoms with Gasteiger partial charge in [0, 0.05) is 18.7 Å². The van der Waals surface area contributed by atoms with Crippen molar-refractivity contribution in [3.63, 3.8) is 0 Å². The van der Waals surface area contributed by atoms with Gasteiger partial charge in [-0.2, -0.15) is 5.10 Å². The van der Waals surface area contributed by atoms with Gasteiger partial charge in [0.2, 0.25) is 0 Å². The highest BCUT2D eigenvalue weighted by atomic mass is 16.5. The fraction of sp³-hybridized carbons (Fsp3) is 0.308. The molecule has 4 heteroatoms. The van der Waals surface area contributed by atoms with Gasteiger partial charge < -0.3 is 10.1 Å². The molecule has 0 bridgehead atoms. The number of benzene rings is 1. The van der Waals surface area contributed by atoms with E-state index in [1.54, 1.807) is 7.11 Å². The summed E-state index contributed by atoms with van der Waals surface area (Å²) in [5.74, 6) is 1.76. The average Bonchev–Trinajstić information content (AvgIpc) is 2.81. The Balaban J connectivity index is 2.49. The predicted octanol–water partition coefficient (Wildman–Crippen LogP) is 2.74. The molecule has 0 aliphatic carbocycles. The topological polar surface area (TPSA) is 49.9 Å². The SMILES string of the molecule is CNc1cc(-c2ccc(OC)c(C)c2C)[nH]n1. The predicted molar refractivity (Wildman–Crippen MR) is 69.6 cm³/mol. The van der Waals surface area contributed by atoms with E-state index >= 15 is 0 Å². The van der Waals surface area contributed by atoms with Crippen LogP contribution in [0.3, 0.4) is 0 Å². The van der Waals surface area contributed by atoms with E-state index in [2.05, 4.69) is 29.4 Å². The first-order valence-electron chi connectivity index (χ1n) is 5.55. The third-order valence-electron chi connectivity index (χ3n) is 3.08. The molecule has 0 saturated carbocycles. The van der Waals surface area contributed by atoms with Crippen LogP contribution in [-0.4, -0.2) is 24.4 Å². The molecule has 2 aromatic rings. The Bertz CT molecular complexity index is 531. The van der Waals surface area contributed by atoms with E-state index in [-0.39, 0.29) is 0 Å². The van der Waals surface area contributed by atoms with Crippen molar-refractivity contribution in [2.24, 2.45) is 0 Å². The highest BCUT2D eigenvalue weighted by Gasteiger charge is 2.10. The summed E-state index contributed by atoms with van der Waals surface area (Å²) >= 11 is 0. The van der Waals surface area contributed by atoms with Crippen LogP contribution >= 0.6 is 0 Å². The Kier molecular flexibility index (Phi) is 3.04. The molecular weight excluding hydrogens is 214 g/mol. The third kappa shape index (κ3) is 1.98. The van der Waals surface area contributed by atoms with Crippen molar-refractivity contribution in [3.8, 4) is 17.0 Å². The number of hydrogen-bond donors (Lipinski definition) is 2. The minimum atomic E-state index is 0.841. The maximum Gasteiger partial charge on any atom is 0.148 e. The van der Waals surface area contributed by atoms with Crippen molar-refractivity contribution in [2.75, 3.05) is 19.5 Å². The van der Waals surface area contributed by atoms with E-state index in [1.165, 1.54) is 5.56 Å². The Morgan fingerprint density at radius 3 is 2.59 bits per heavy atom. The maximum atomic E-state index is 5.30. The zero-order valence-corrected chi connectivity index (χ0v) is 10.6. The van der Waals surface area contributed by atoms with Gasteiger partial charge in [-0.1, -0.05) is 0 Å². The van der Waals surface area contributed by atoms with E-state index in [0.29, 0.717) is 0 Å². The molecular formula is C13H17N3O. The number of aromatic nitrogens is 2. The van der Waals surface area contributed by atoms with Gasteiger partial charge in [-0.05, 0) is 37.1 Å². The molecule has 2 rings (SSSR count). The Labute approximate surface area is 101 Å². The summed E-state index contributed by atoms with van der Waals surface area (Å²) in [6.07, 6.45) is 0. The second kappa shape index (κ2) is 4.49. The van der Waals surface area contributed by atoms with Crippen molar-refractivity contribution in [2.45, 2.75) is 13.8 Å². The molecule has 0 aliphatic rings. The zero-order chi connectivity index (χ0) is 12.4. The van der Waals surface area contributed by atoms with Crippen molar-refractivity contribution in [1.29, 1.82) is 0 Å². The lowest BCUT2D eigenvalue weighted by Crippen LogP contribution is -1.93. The molecule has 0 unspecified atom stereocenters. The molecule has 1 heterocycles. The third-order valence-corrected chi connectivity index (χ3v) is 3.08. The fourth-order valence-corrected chi connectivity index (χ4v) is 1.90. The van der Waals surface area contributed by atoms with Gasteiger partial charge in [-0.3, -0.25) is 5.10 Å². The number of hydrogen-bond acceptors (Lipinski definition) is 3. The van der Waals surface area contributed by atoms with Gasteiger partial charge in [-0.25, -0.2) is 0 Å². The van der Waals surface area contributed by atoms with Crippen molar-refractivity contribution in [1.82, 2.24) is 10.2 Å². The molecule has 2 N–H and O–H groups in total. The van der Waals surface area contributed by atoms with Crippen LogP contribution < -0.4 is 10.1 Å². The smallest absolute Gasteiger partial charge is 0.148 e. The summed E-state index contributed by atoms with van der Waals surface area (Å²) in [5, 5.41) is 10.2. The van der Waals surface area contributed by atoms with E-state index in [1.807, 2.05) is 25.2 Å². The molecule has 0 saturated heterocycles. The van der Waals surface area contributed by atoms with E-state index in [9.17, 15) is 0 Å². The molecule has 0 fully saturated rings. The van der Waals surface area contributed by atoms with Crippen LogP contribution in [0.2, 0.25) is 0 Å². The minimum Gasteiger partial charge on any atom is -0.496 e. The lowest BCUT2D eigenvalue weighted by Gasteiger charge is -2.11. The number of methoxy groups -OCH3 is 1. The molecule has 90 valence electrons. The van der Waals surface area contributed by atoms with Crippen molar-refractivity contribution < 1.29 is 4.74 Å². The van der Waals surface area contributed by atoms with Crippen LogP contribution in [0.5, 0.6) is 5.75 Å². The summed E-state index contributed by atoms with van der Waals surface area (Å²) in [7, 11) is 3.54. The minimum absolute atomic E-state index is 0.841. The Morgan fingerprint density at radius 1 is 1.24 bits per heavy atom. The van der Waals surface area contributed by atoms with Crippen molar-refractivity contribution >= 4 is 5.82 Å². The van der Waals surface area contributed by atoms with Crippen LogP contribution in [0.25, 0.3) is 11.3 Å². The van der Waals surface area contributed by atoms with Crippen LogP contribution in [-0.2, 0) is 0 Å². The molecule has 0 atom stereocenters. The molecule has 4 nitrogen and oxygen atoms in total. The van der Waals surface area contributed by atoms with Gasteiger partial charge in [0.25, 0.3) is 0 Å². The quantitative estimate of drug-likeness (QED) is 0.854. The summed E-state index contributed by atoms with van der Waals surface area (Å²) in [6.45, 7) is 4.15. The summed E-state index contributed by atoms with van der Waals surface area (Å²) in [5.41, 5.74) is 4.52. The highest BCUT2D eigenvalue weighted by Crippen LogP contribution is 2.30. The molecule has 0 aliphatic heterocycles. The van der Waals surface area contributed by atoms with Crippen LogP contribution in [0, 0.1) is 13.8 Å². The van der Waals surface area contributed by atoms with Gasteiger partial charge >= 0.3 is 0 Å². The molecule has 1 aromatic carbocycles. The first-order valence-corrected chi connectivity index (χ1v) is 5.55. The molecule has 1 aromatic heterocycles. The monoisotopic (exact) mass is 231 g/mol. The second-order valence-electron chi connectivity index (χ2n) is 3.98. The summed E-state index contributed by atoms with van der Waals surface area (Å²) in [4.78, 5) is 0.